The number of rotatable bonds is 6. The summed E-state index contributed by atoms with van der Waals surface area (Å²) in [6.45, 7) is 5.43. The molecule has 0 heterocycles. The molecule has 0 saturated heterocycles. The molecule has 1 saturated carbocycles. The summed E-state index contributed by atoms with van der Waals surface area (Å²) in [5, 5.41) is 3.59. The van der Waals surface area contributed by atoms with Gasteiger partial charge in [-0.3, -0.25) is 0 Å². The summed E-state index contributed by atoms with van der Waals surface area (Å²) < 4.78 is 0. The molecular formula is C19H23NS. The summed E-state index contributed by atoms with van der Waals surface area (Å²) in [5.41, 5.74) is 5.65. The van der Waals surface area contributed by atoms with E-state index in [4.69, 9.17) is 0 Å². The molecule has 1 nitrogen and oxygen atoms in total. The van der Waals surface area contributed by atoms with Crippen LogP contribution in [-0.4, -0.2) is 6.04 Å². The van der Waals surface area contributed by atoms with Gasteiger partial charge in [-0.2, -0.15) is 0 Å². The molecule has 0 unspecified atom stereocenters. The first-order valence-corrected chi connectivity index (χ1v) is 8.71. The van der Waals surface area contributed by atoms with Crippen molar-refractivity contribution >= 4 is 11.8 Å². The lowest BCUT2D eigenvalue weighted by Crippen LogP contribution is -2.15. The predicted octanol–water partition coefficient (Wildman–Crippen LogP) is 4.85. The molecule has 110 valence electrons. The fourth-order valence-electron chi connectivity index (χ4n) is 2.43. The smallest absolute Gasteiger partial charge is 0.0234 e. The highest BCUT2D eigenvalue weighted by atomic mass is 32.2. The maximum absolute atomic E-state index is 3.59. The summed E-state index contributed by atoms with van der Waals surface area (Å²) in [6.07, 6.45) is 2.70. The van der Waals surface area contributed by atoms with Gasteiger partial charge in [0.15, 0.2) is 0 Å². The SMILES string of the molecule is Cc1cc(SCc2ccccc2C)ccc1CNC1CC1. The first kappa shape index (κ1) is 14.7. The maximum Gasteiger partial charge on any atom is 0.0234 e. The molecule has 0 amide bonds. The summed E-state index contributed by atoms with van der Waals surface area (Å²) in [5.74, 6) is 1.05. The van der Waals surface area contributed by atoms with Gasteiger partial charge in [-0.15, -0.1) is 11.8 Å². The van der Waals surface area contributed by atoms with Crippen molar-refractivity contribution in [1.82, 2.24) is 5.32 Å². The first-order valence-electron chi connectivity index (χ1n) is 7.72. The van der Waals surface area contributed by atoms with Crippen LogP contribution in [0.3, 0.4) is 0 Å². The topological polar surface area (TPSA) is 12.0 Å². The van der Waals surface area contributed by atoms with Crippen LogP contribution in [0.25, 0.3) is 0 Å². The van der Waals surface area contributed by atoms with Crippen LogP contribution in [0.4, 0.5) is 0 Å². The van der Waals surface area contributed by atoms with Crippen molar-refractivity contribution in [3.05, 3.63) is 64.7 Å². The minimum absolute atomic E-state index is 0.777. The number of aryl methyl sites for hydroxylation is 2. The molecule has 0 aliphatic heterocycles. The number of benzene rings is 2. The fourth-order valence-corrected chi connectivity index (χ4v) is 3.50. The Balaban J connectivity index is 1.60. The van der Waals surface area contributed by atoms with E-state index in [2.05, 4.69) is 61.6 Å². The van der Waals surface area contributed by atoms with Crippen LogP contribution in [-0.2, 0) is 12.3 Å². The number of nitrogens with one attached hydrogen (secondary N) is 1. The Kier molecular flexibility index (Phi) is 4.67. The van der Waals surface area contributed by atoms with E-state index in [-0.39, 0.29) is 0 Å². The maximum atomic E-state index is 3.59. The van der Waals surface area contributed by atoms with E-state index < -0.39 is 0 Å². The molecule has 21 heavy (non-hydrogen) atoms. The van der Waals surface area contributed by atoms with Crippen LogP contribution >= 0.6 is 11.8 Å². The van der Waals surface area contributed by atoms with Crippen molar-refractivity contribution in [3.8, 4) is 0 Å². The third-order valence-corrected chi connectivity index (χ3v) is 5.17. The van der Waals surface area contributed by atoms with Crippen LogP contribution in [0.1, 0.15) is 35.1 Å². The van der Waals surface area contributed by atoms with Crippen LogP contribution in [0.15, 0.2) is 47.4 Å². The largest absolute Gasteiger partial charge is 0.310 e. The minimum atomic E-state index is 0.777. The monoisotopic (exact) mass is 297 g/mol. The Hall–Kier alpha value is -1.25. The highest BCUT2D eigenvalue weighted by Crippen LogP contribution is 2.26. The highest BCUT2D eigenvalue weighted by molar-refractivity contribution is 7.98. The molecule has 1 aliphatic carbocycles. The highest BCUT2D eigenvalue weighted by Gasteiger charge is 2.20. The van der Waals surface area contributed by atoms with Gasteiger partial charge >= 0.3 is 0 Å². The molecule has 1 aliphatic rings. The van der Waals surface area contributed by atoms with Gasteiger partial charge < -0.3 is 5.32 Å². The van der Waals surface area contributed by atoms with Gasteiger partial charge in [0.25, 0.3) is 0 Å². The molecule has 2 aromatic carbocycles. The second kappa shape index (κ2) is 6.67. The lowest BCUT2D eigenvalue weighted by Gasteiger charge is -2.10. The van der Waals surface area contributed by atoms with Gasteiger partial charge in [-0.05, 0) is 61.1 Å². The third-order valence-electron chi connectivity index (χ3n) is 4.13. The van der Waals surface area contributed by atoms with E-state index in [0.29, 0.717) is 0 Å². The summed E-state index contributed by atoms with van der Waals surface area (Å²) >= 11 is 1.93. The Bertz CT molecular complexity index is 617. The minimum Gasteiger partial charge on any atom is -0.310 e. The van der Waals surface area contributed by atoms with Crippen LogP contribution in [0, 0.1) is 13.8 Å². The van der Waals surface area contributed by atoms with Gasteiger partial charge in [0.1, 0.15) is 0 Å². The predicted molar refractivity (Wildman–Crippen MR) is 91.8 cm³/mol. The molecule has 0 spiro atoms. The quantitative estimate of drug-likeness (QED) is 0.765. The molecular weight excluding hydrogens is 274 g/mol. The normalized spacial score (nSPS) is 14.4. The molecule has 2 aromatic rings. The Morgan fingerprint density at radius 3 is 2.52 bits per heavy atom. The molecule has 0 bridgehead atoms. The molecule has 1 fully saturated rings. The van der Waals surface area contributed by atoms with Crippen molar-refractivity contribution in [2.75, 3.05) is 0 Å². The summed E-state index contributed by atoms with van der Waals surface area (Å²) in [4.78, 5) is 1.37. The second-order valence-corrected chi connectivity index (χ2v) is 7.01. The Labute approximate surface area is 132 Å². The Morgan fingerprint density at radius 1 is 1.00 bits per heavy atom. The van der Waals surface area contributed by atoms with Gasteiger partial charge in [0.2, 0.25) is 0 Å². The van der Waals surface area contributed by atoms with E-state index in [9.17, 15) is 0 Å². The van der Waals surface area contributed by atoms with E-state index >= 15 is 0 Å². The van der Waals surface area contributed by atoms with Gasteiger partial charge in [0, 0.05) is 23.2 Å². The summed E-state index contributed by atoms with van der Waals surface area (Å²) in [7, 11) is 0. The van der Waals surface area contributed by atoms with E-state index in [0.717, 1.165) is 18.3 Å². The van der Waals surface area contributed by atoms with Crippen LogP contribution in [0.5, 0.6) is 0 Å². The molecule has 0 radical (unpaired) electrons. The third kappa shape index (κ3) is 4.12. The van der Waals surface area contributed by atoms with Crippen molar-refractivity contribution in [1.29, 1.82) is 0 Å². The molecule has 0 aromatic heterocycles. The van der Waals surface area contributed by atoms with Gasteiger partial charge in [-0.1, -0.05) is 30.3 Å². The number of hydrogen-bond acceptors (Lipinski definition) is 2. The van der Waals surface area contributed by atoms with Crippen LogP contribution in [0.2, 0.25) is 0 Å². The fraction of sp³-hybridized carbons (Fsp3) is 0.368. The molecule has 3 rings (SSSR count). The van der Waals surface area contributed by atoms with E-state index in [1.807, 2.05) is 11.8 Å². The van der Waals surface area contributed by atoms with Crippen molar-refractivity contribution in [2.45, 2.75) is 49.9 Å². The lowest BCUT2D eigenvalue weighted by molar-refractivity contribution is 0.685. The zero-order chi connectivity index (χ0) is 14.7. The molecule has 2 heteroatoms. The van der Waals surface area contributed by atoms with E-state index in [1.54, 1.807) is 0 Å². The average molecular weight is 297 g/mol. The number of hydrogen-bond donors (Lipinski definition) is 1. The summed E-state index contributed by atoms with van der Waals surface area (Å²) in [6, 6.07) is 16.3. The van der Waals surface area contributed by atoms with Crippen molar-refractivity contribution in [3.63, 3.8) is 0 Å². The first-order chi connectivity index (χ1) is 10.2. The van der Waals surface area contributed by atoms with Crippen molar-refractivity contribution < 1.29 is 0 Å². The lowest BCUT2D eigenvalue weighted by atomic mass is 10.1. The van der Waals surface area contributed by atoms with Crippen molar-refractivity contribution in [2.24, 2.45) is 0 Å². The zero-order valence-corrected chi connectivity index (χ0v) is 13.7. The van der Waals surface area contributed by atoms with Crippen LogP contribution < -0.4 is 5.32 Å². The van der Waals surface area contributed by atoms with E-state index in [1.165, 1.54) is 40.0 Å². The molecule has 0 atom stereocenters. The molecule has 1 N–H and O–H groups in total. The van der Waals surface area contributed by atoms with Gasteiger partial charge in [-0.25, -0.2) is 0 Å². The second-order valence-electron chi connectivity index (χ2n) is 5.96. The standard InChI is InChI=1S/C19H23NS/c1-14-5-3-4-6-17(14)13-21-19-10-7-16(15(2)11-19)12-20-18-8-9-18/h3-7,10-11,18,20H,8-9,12-13H2,1-2H3. The zero-order valence-electron chi connectivity index (χ0n) is 12.9. The Morgan fingerprint density at radius 2 is 1.81 bits per heavy atom. The number of thioether (sulfide) groups is 1. The average Bonchev–Trinajstić information content (AvgIpc) is 3.30. The van der Waals surface area contributed by atoms with Gasteiger partial charge in [0.05, 0.1) is 0 Å².